The Bertz CT molecular complexity index is 968. The zero-order valence-corrected chi connectivity index (χ0v) is 16.2. The number of benzene rings is 2. The van der Waals surface area contributed by atoms with Crippen molar-refractivity contribution in [2.75, 3.05) is 26.0 Å². The molecule has 146 valence electrons. The van der Waals surface area contributed by atoms with Crippen LogP contribution in [-0.2, 0) is 11.3 Å². The first-order chi connectivity index (χ1) is 13.5. The summed E-state index contributed by atoms with van der Waals surface area (Å²) in [5, 5.41) is 3.14. The van der Waals surface area contributed by atoms with E-state index in [0.717, 1.165) is 28.1 Å². The molecule has 1 heterocycles. The van der Waals surface area contributed by atoms with E-state index in [4.69, 9.17) is 14.9 Å². The number of nitrogens with two attached hydrogens (primary N) is 1. The van der Waals surface area contributed by atoms with Gasteiger partial charge in [0, 0.05) is 30.9 Å². The number of oxazole rings is 1. The molecule has 0 atom stereocenters. The summed E-state index contributed by atoms with van der Waals surface area (Å²) in [7, 11) is 3.36. The molecule has 7 nitrogen and oxygen atoms in total. The van der Waals surface area contributed by atoms with Gasteiger partial charge in [-0.1, -0.05) is 30.3 Å². The number of aryl methyl sites for hydroxylation is 1. The summed E-state index contributed by atoms with van der Waals surface area (Å²) in [6.45, 7) is 2.40. The van der Waals surface area contributed by atoms with Gasteiger partial charge in [0.2, 0.25) is 5.91 Å². The Kier molecular flexibility index (Phi) is 5.96. The number of hydrogen-bond acceptors (Lipinski definition) is 6. The number of hydrogen-bond donors (Lipinski definition) is 2. The van der Waals surface area contributed by atoms with E-state index in [2.05, 4.69) is 10.3 Å². The standard InChI is InChI=1S/C21H24N4O3/c1-14-8-9-16(10-18(14)27-3)24-21-23-12-19(28-21)17-7-5-4-6-15(17)13-25(2)20(26)11-22/h4-10,12H,11,13,22H2,1-3H3,(H,23,24). The smallest absolute Gasteiger partial charge is 0.299 e. The number of carbonyl (C=O) groups is 1. The number of carbonyl (C=O) groups excluding carboxylic acids is 1. The van der Waals surface area contributed by atoms with Crippen LogP contribution in [0.1, 0.15) is 11.1 Å². The molecular weight excluding hydrogens is 356 g/mol. The largest absolute Gasteiger partial charge is 0.496 e. The lowest BCUT2D eigenvalue weighted by Gasteiger charge is -2.17. The van der Waals surface area contributed by atoms with Crippen LogP contribution in [0.3, 0.4) is 0 Å². The molecule has 0 radical (unpaired) electrons. The maximum atomic E-state index is 11.8. The number of aromatic nitrogens is 1. The number of nitrogens with one attached hydrogen (secondary N) is 1. The molecule has 0 bridgehead atoms. The molecule has 3 N–H and O–H groups in total. The Hall–Kier alpha value is -3.32. The van der Waals surface area contributed by atoms with Gasteiger partial charge < -0.3 is 25.1 Å². The van der Waals surface area contributed by atoms with Crippen molar-refractivity contribution in [2.24, 2.45) is 5.73 Å². The van der Waals surface area contributed by atoms with Crippen LogP contribution in [0.25, 0.3) is 11.3 Å². The second-order valence-corrected chi connectivity index (χ2v) is 6.45. The summed E-state index contributed by atoms with van der Waals surface area (Å²) in [5.41, 5.74) is 9.14. The molecule has 0 aliphatic rings. The van der Waals surface area contributed by atoms with Crippen LogP contribution in [0.4, 0.5) is 11.7 Å². The number of ether oxygens (including phenoxy) is 1. The van der Waals surface area contributed by atoms with Crippen LogP contribution in [0.15, 0.2) is 53.1 Å². The lowest BCUT2D eigenvalue weighted by atomic mass is 10.1. The van der Waals surface area contributed by atoms with E-state index in [1.54, 1.807) is 25.3 Å². The van der Waals surface area contributed by atoms with Crippen molar-refractivity contribution in [1.82, 2.24) is 9.88 Å². The van der Waals surface area contributed by atoms with Gasteiger partial charge >= 0.3 is 0 Å². The normalized spacial score (nSPS) is 10.6. The van der Waals surface area contributed by atoms with Crippen LogP contribution in [0.2, 0.25) is 0 Å². The molecule has 3 aromatic rings. The van der Waals surface area contributed by atoms with E-state index in [9.17, 15) is 4.79 Å². The van der Waals surface area contributed by atoms with Gasteiger partial charge in [0.25, 0.3) is 6.01 Å². The number of anilines is 2. The monoisotopic (exact) mass is 380 g/mol. The highest BCUT2D eigenvalue weighted by Gasteiger charge is 2.14. The predicted molar refractivity (Wildman–Crippen MR) is 108 cm³/mol. The fraction of sp³-hybridized carbons (Fsp3) is 0.238. The summed E-state index contributed by atoms with van der Waals surface area (Å²) in [6.07, 6.45) is 1.66. The van der Waals surface area contributed by atoms with Crippen molar-refractivity contribution in [3.63, 3.8) is 0 Å². The molecule has 28 heavy (non-hydrogen) atoms. The second-order valence-electron chi connectivity index (χ2n) is 6.45. The molecule has 1 amide bonds. The van der Waals surface area contributed by atoms with Crippen LogP contribution < -0.4 is 15.8 Å². The first-order valence-electron chi connectivity index (χ1n) is 8.91. The van der Waals surface area contributed by atoms with Crippen molar-refractivity contribution < 1.29 is 13.9 Å². The van der Waals surface area contributed by atoms with E-state index >= 15 is 0 Å². The third kappa shape index (κ3) is 4.32. The maximum Gasteiger partial charge on any atom is 0.299 e. The number of nitrogens with zero attached hydrogens (tertiary/aromatic N) is 2. The highest BCUT2D eigenvalue weighted by atomic mass is 16.5. The first-order valence-corrected chi connectivity index (χ1v) is 8.91. The summed E-state index contributed by atoms with van der Waals surface area (Å²) < 4.78 is 11.2. The summed E-state index contributed by atoms with van der Waals surface area (Å²) in [5.74, 6) is 1.28. The van der Waals surface area contributed by atoms with Gasteiger partial charge in [-0.3, -0.25) is 4.79 Å². The molecule has 1 aromatic heterocycles. The average molecular weight is 380 g/mol. The summed E-state index contributed by atoms with van der Waals surface area (Å²) >= 11 is 0. The molecule has 0 saturated carbocycles. The van der Waals surface area contributed by atoms with Gasteiger partial charge in [0.1, 0.15) is 5.75 Å². The molecule has 3 rings (SSSR count). The lowest BCUT2D eigenvalue weighted by Crippen LogP contribution is -2.32. The molecule has 0 unspecified atom stereocenters. The van der Waals surface area contributed by atoms with E-state index in [-0.39, 0.29) is 12.5 Å². The van der Waals surface area contributed by atoms with E-state index in [0.29, 0.717) is 18.3 Å². The van der Waals surface area contributed by atoms with Crippen molar-refractivity contribution in [2.45, 2.75) is 13.5 Å². The maximum absolute atomic E-state index is 11.8. The third-order valence-corrected chi connectivity index (χ3v) is 4.46. The Morgan fingerprint density at radius 3 is 2.82 bits per heavy atom. The third-order valence-electron chi connectivity index (χ3n) is 4.46. The molecule has 2 aromatic carbocycles. The highest BCUT2D eigenvalue weighted by Crippen LogP contribution is 2.29. The average Bonchev–Trinajstić information content (AvgIpc) is 3.17. The first kappa shape index (κ1) is 19.4. The predicted octanol–water partition coefficient (Wildman–Crippen LogP) is 3.32. The zero-order chi connectivity index (χ0) is 20.1. The Balaban J connectivity index is 1.82. The van der Waals surface area contributed by atoms with E-state index in [1.165, 1.54) is 0 Å². The Morgan fingerprint density at radius 1 is 1.29 bits per heavy atom. The van der Waals surface area contributed by atoms with Crippen LogP contribution in [-0.4, -0.2) is 36.5 Å². The van der Waals surface area contributed by atoms with Crippen molar-refractivity contribution in [1.29, 1.82) is 0 Å². The van der Waals surface area contributed by atoms with Crippen LogP contribution >= 0.6 is 0 Å². The van der Waals surface area contributed by atoms with Crippen molar-refractivity contribution in [3.8, 4) is 17.1 Å². The second kappa shape index (κ2) is 8.58. The summed E-state index contributed by atoms with van der Waals surface area (Å²) in [4.78, 5) is 17.7. The fourth-order valence-electron chi connectivity index (χ4n) is 2.88. The van der Waals surface area contributed by atoms with Gasteiger partial charge in [-0.25, -0.2) is 4.98 Å². The number of likely N-dealkylation sites (N-methyl/N-ethyl adjacent to an activating group) is 1. The molecule has 0 aliphatic carbocycles. The van der Waals surface area contributed by atoms with Gasteiger partial charge in [0.05, 0.1) is 19.9 Å². The fourth-order valence-corrected chi connectivity index (χ4v) is 2.88. The topological polar surface area (TPSA) is 93.6 Å². The summed E-state index contributed by atoms with van der Waals surface area (Å²) in [6, 6.07) is 13.9. The highest BCUT2D eigenvalue weighted by molar-refractivity contribution is 5.78. The zero-order valence-electron chi connectivity index (χ0n) is 16.2. The number of rotatable bonds is 7. The number of methoxy groups -OCH3 is 1. The van der Waals surface area contributed by atoms with Crippen molar-refractivity contribution in [3.05, 3.63) is 59.8 Å². The molecular formula is C21H24N4O3. The molecule has 7 heteroatoms. The van der Waals surface area contributed by atoms with E-state index < -0.39 is 0 Å². The molecule has 0 saturated heterocycles. The van der Waals surface area contributed by atoms with Gasteiger partial charge in [0.15, 0.2) is 5.76 Å². The Labute approximate surface area is 164 Å². The van der Waals surface area contributed by atoms with Crippen LogP contribution in [0, 0.1) is 6.92 Å². The molecule has 0 fully saturated rings. The number of amides is 1. The Morgan fingerprint density at radius 2 is 2.07 bits per heavy atom. The minimum atomic E-state index is -0.122. The van der Waals surface area contributed by atoms with Crippen molar-refractivity contribution >= 4 is 17.6 Å². The van der Waals surface area contributed by atoms with Gasteiger partial charge in [-0.05, 0) is 24.1 Å². The lowest BCUT2D eigenvalue weighted by molar-refractivity contribution is -0.128. The minimum Gasteiger partial charge on any atom is -0.496 e. The molecule has 0 spiro atoms. The minimum absolute atomic E-state index is 0.0188. The van der Waals surface area contributed by atoms with Crippen LogP contribution in [0.5, 0.6) is 5.75 Å². The molecule has 0 aliphatic heterocycles. The quantitative estimate of drug-likeness (QED) is 0.653. The van der Waals surface area contributed by atoms with Gasteiger partial charge in [-0.2, -0.15) is 0 Å². The SMILES string of the molecule is COc1cc(Nc2ncc(-c3ccccc3CN(C)C(=O)CN)o2)ccc1C. The van der Waals surface area contributed by atoms with E-state index in [1.807, 2.05) is 49.4 Å². The van der Waals surface area contributed by atoms with Gasteiger partial charge in [-0.15, -0.1) is 0 Å².